The number of methoxy groups -OCH3 is 1. The zero-order valence-corrected chi connectivity index (χ0v) is 9.69. The molecule has 84 valence electrons. The molecule has 0 aromatic carbocycles. The van der Waals surface area contributed by atoms with Crippen LogP contribution < -0.4 is 4.74 Å². The lowest BCUT2D eigenvalue weighted by molar-refractivity contribution is 0.0994. The molecule has 0 amide bonds. The van der Waals surface area contributed by atoms with Gasteiger partial charge in [-0.1, -0.05) is 0 Å². The molecule has 7 heteroatoms. The van der Waals surface area contributed by atoms with E-state index in [0.29, 0.717) is 16.5 Å². The Labute approximate surface area is 95.8 Å². The summed E-state index contributed by atoms with van der Waals surface area (Å²) >= 11 is 1.35. The molecular weight excluding hydrogens is 228 g/mol. The van der Waals surface area contributed by atoms with Crippen LogP contribution in [0, 0.1) is 0 Å². The smallest absolute Gasteiger partial charge is 0.182 e. The van der Waals surface area contributed by atoms with Crippen LogP contribution >= 0.6 is 11.3 Å². The van der Waals surface area contributed by atoms with Gasteiger partial charge < -0.3 is 4.74 Å². The first-order valence-corrected chi connectivity index (χ1v) is 5.45. The number of carbonyl (C=O) groups excluding carboxylic acids is 1. The number of thiophene rings is 1. The van der Waals surface area contributed by atoms with E-state index in [4.69, 9.17) is 4.74 Å². The van der Waals surface area contributed by atoms with Crippen LogP contribution in [0.1, 0.15) is 15.5 Å². The summed E-state index contributed by atoms with van der Waals surface area (Å²) in [6.45, 7) is 0. The minimum absolute atomic E-state index is 0.0266. The van der Waals surface area contributed by atoms with Gasteiger partial charge in [0.25, 0.3) is 0 Å². The van der Waals surface area contributed by atoms with Crippen LogP contribution in [0.5, 0.6) is 5.75 Å². The SMILES string of the molecule is COc1csc(C(=O)Cc2nnn(C)n2)c1. The van der Waals surface area contributed by atoms with Crippen molar-refractivity contribution in [3.05, 3.63) is 22.1 Å². The Morgan fingerprint density at radius 1 is 1.62 bits per heavy atom. The van der Waals surface area contributed by atoms with E-state index in [-0.39, 0.29) is 12.2 Å². The first-order valence-electron chi connectivity index (χ1n) is 4.57. The van der Waals surface area contributed by atoms with E-state index in [1.165, 1.54) is 16.1 Å². The molecule has 0 unspecified atom stereocenters. The molecule has 6 nitrogen and oxygen atoms in total. The van der Waals surface area contributed by atoms with Gasteiger partial charge >= 0.3 is 0 Å². The summed E-state index contributed by atoms with van der Waals surface area (Å²) in [5.41, 5.74) is 0. The highest BCUT2D eigenvalue weighted by molar-refractivity contribution is 7.12. The molecule has 0 radical (unpaired) electrons. The minimum atomic E-state index is -0.0266. The van der Waals surface area contributed by atoms with Gasteiger partial charge in [-0.25, -0.2) is 0 Å². The lowest BCUT2D eigenvalue weighted by atomic mass is 10.2. The van der Waals surface area contributed by atoms with Crippen LogP contribution in [-0.4, -0.2) is 33.1 Å². The highest BCUT2D eigenvalue weighted by Crippen LogP contribution is 2.22. The van der Waals surface area contributed by atoms with Gasteiger partial charge in [0, 0.05) is 11.4 Å². The summed E-state index contributed by atoms with van der Waals surface area (Å²) in [5, 5.41) is 13.2. The second-order valence-corrected chi connectivity index (χ2v) is 4.06. The third kappa shape index (κ3) is 2.25. The van der Waals surface area contributed by atoms with Crippen molar-refractivity contribution in [3.8, 4) is 5.75 Å². The third-order valence-corrected chi connectivity index (χ3v) is 2.90. The lowest BCUT2D eigenvalue weighted by Gasteiger charge is -1.92. The number of Topliss-reactive ketones (excluding diaryl/α,β-unsaturated/α-hetero) is 1. The fourth-order valence-corrected chi connectivity index (χ4v) is 1.99. The van der Waals surface area contributed by atoms with Gasteiger partial charge in [-0.2, -0.15) is 4.80 Å². The van der Waals surface area contributed by atoms with E-state index in [0.717, 1.165) is 0 Å². The van der Waals surface area contributed by atoms with Crippen molar-refractivity contribution in [3.63, 3.8) is 0 Å². The molecule has 2 aromatic heterocycles. The van der Waals surface area contributed by atoms with Gasteiger partial charge in [0.05, 0.1) is 25.5 Å². The van der Waals surface area contributed by atoms with Crippen LogP contribution in [0.3, 0.4) is 0 Å². The van der Waals surface area contributed by atoms with Crippen LogP contribution in [0.25, 0.3) is 0 Å². The second kappa shape index (κ2) is 4.40. The van der Waals surface area contributed by atoms with Crippen LogP contribution in [-0.2, 0) is 13.5 Å². The predicted octanol–water partition coefficient (Wildman–Crippen LogP) is 0.706. The van der Waals surface area contributed by atoms with E-state index < -0.39 is 0 Å². The largest absolute Gasteiger partial charge is 0.496 e. The summed E-state index contributed by atoms with van der Waals surface area (Å²) < 4.78 is 5.01. The van der Waals surface area contributed by atoms with E-state index in [9.17, 15) is 4.79 Å². The molecule has 0 spiro atoms. The number of aryl methyl sites for hydroxylation is 1. The van der Waals surface area contributed by atoms with Crippen molar-refractivity contribution in [2.24, 2.45) is 7.05 Å². The maximum absolute atomic E-state index is 11.8. The normalized spacial score (nSPS) is 10.4. The van der Waals surface area contributed by atoms with Gasteiger partial charge in [0.1, 0.15) is 5.75 Å². The molecule has 2 heterocycles. The number of nitrogens with zero attached hydrogens (tertiary/aromatic N) is 4. The second-order valence-electron chi connectivity index (χ2n) is 3.15. The van der Waals surface area contributed by atoms with Gasteiger partial charge in [0.2, 0.25) is 0 Å². The van der Waals surface area contributed by atoms with E-state index in [1.807, 2.05) is 0 Å². The standard InChI is InChI=1S/C9H10N4O2S/c1-13-11-9(10-12-13)4-7(14)8-3-6(15-2)5-16-8/h3,5H,4H2,1-2H3. The molecule has 2 rings (SSSR count). The van der Waals surface area contributed by atoms with Crippen LogP contribution in [0.2, 0.25) is 0 Å². The van der Waals surface area contributed by atoms with Crippen molar-refractivity contribution in [1.29, 1.82) is 0 Å². The maximum Gasteiger partial charge on any atom is 0.182 e. The first-order chi connectivity index (χ1) is 7.69. The Morgan fingerprint density at radius 2 is 2.44 bits per heavy atom. The zero-order chi connectivity index (χ0) is 11.5. The monoisotopic (exact) mass is 238 g/mol. The molecule has 16 heavy (non-hydrogen) atoms. The van der Waals surface area contributed by atoms with Crippen molar-refractivity contribution >= 4 is 17.1 Å². The van der Waals surface area contributed by atoms with Gasteiger partial charge in [0.15, 0.2) is 11.6 Å². The molecule has 0 N–H and O–H groups in total. The van der Waals surface area contributed by atoms with Crippen molar-refractivity contribution in [1.82, 2.24) is 20.2 Å². The lowest BCUT2D eigenvalue weighted by Crippen LogP contribution is -2.03. The van der Waals surface area contributed by atoms with E-state index in [1.54, 1.807) is 25.6 Å². The molecule has 0 saturated heterocycles. The molecule has 0 atom stereocenters. The number of ether oxygens (including phenoxy) is 1. The predicted molar refractivity (Wildman–Crippen MR) is 57.7 cm³/mol. The Balaban J connectivity index is 2.08. The summed E-state index contributed by atoms with van der Waals surface area (Å²) in [6, 6.07) is 1.71. The number of aromatic nitrogens is 4. The summed E-state index contributed by atoms with van der Waals surface area (Å²) in [7, 11) is 3.23. The fraction of sp³-hybridized carbons (Fsp3) is 0.333. The third-order valence-electron chi connectivity index (χ3n) is 1.95. The average Bonchev–Trinajstić information content (AvgIpc) is 2.87. The maximum atomic E-state index is 11.8. The minimum Gasteiger partial charge on any atom is -0.496 e. The van der Waals surface area contributed by atoms with E-state index in [2.05, 4.69) is 15.4 Å². The van der Waals surface area contributed by atoms with Gasteiger partial charge in [-0.3, -0.25) is 4.79 Å². The summed E-state index contributed by atoms with van der Waals surface area (Å²) in [5.74, 6) is 1.10. The number of tetrazole rings is 1. The number of hydrogen-bond donors (Lipinski definition) is 0. The molecule has 0 aliphatic heterocycles. The topological polar surface area (TPSA) is 69.9 Å². The Morgan fingerprint density at radius 3 is 3.00 bits per heavy atom. The summed E-state index contributed by atoms with van der Waals surface area (Å²) in [6.07, 6.45) is 0.164. The van der Waals surface area contributed by atoms with Crippen molar-refractivity contribution < 1.29 is 9.53 Å². The summed E-state index contributed by atoms with van der Waals surface area (Å²) in [4.78, 5) is 13.8. The van der Waals surface area contributed by atoms with Crippen molar-refractivity contribution in [2.45, 2.75) is 6.42 Å². The Bertz CT molecular complexity index is 505. The molecule has 0 aliphatic carbocycles. The van der Waals surface area contributed by atoms with Crippen LogP contribution in [0.15, 0.2) is 11.4 Å². The molecule has 0 saturated carbocycles. The Kier molecular flexibility index (Phi) is 2.95. The van der Waals surface area contributed by atoms with Gasteiger partial charge in [-0.15, -0.1) is 21.5 Å². The fourth-order valence-electron chi connectivity index (χ4n) is 1.20. The van der Waals surface area contributed by atoms with Crippen LogP contribution in [0.4, 0.5) is 0 Å². The zero-order valence-electron chi connectivity index (χ0n) is 8.88. The molecular formula is C9H10N4O2S. The molecule has 2 aromatic rings. The number of hydrogen-bond acceptors (Lipinski definition) is 6. The van der Waals surface area contributed by atoms with Gasteiger partial charge in [-0.05, 0) is 5.21 Å². The molecule has 0 bridgehead atoms. The number of rotatable bonds is 4. The average molecular weight is 238 g/mol. The highest BCUT2D eigenvalue weighted by Gasteiger charge is 2.13. The molecule has 0 aliphatic rings. The van der Waals surface area contributed by atoms with E-state index >= 15 is 0 Å². The number of ketones is 1. The Hall–Kier alpha value is -1.76. The van der Waals surface area contributed by atoms with Crippen molar-refractivity contribution in [2.75, 3.05) is 7.11 Å². The first kappa shape index (κ1) is 10.7. The number of carbonyl (C=O) groups is 1. The molecule has 0 fully saturated rings. The highest BCUT2D eigenvalue weighted by atomic mass is 32.1. The quantitative estimate of drug-likeness (QED) is 0.733.